The molecule has 1 heteroatoms. The topological polar surface area (TPSA) is 12.0 Å². The molecule has 2 saturated carbocycles. The Morgan fingerprint density at radius 3 is 2.80 bits per heavy atom. The van der Waals surface area contributed by atoms with Crippen molar-refractivity contribution in [2.75, 3.05) is 13.1 Å². The molecule has 0 aromatic carbocycles. The highest BCUT2D eigenvalue weighted by atomic mass is 15.0. The van der Waals surface area contributed by atoms with E-state index in [1.165, 1.54) is 32.4 Å². The maximum absolute atomic E-state index is 3.52. The predicted octanol–water partition coefficient (Wildman–Crippen LogP) is 1.40. The van der Waals surface area contributed by atoms with Crippen LogP contribution in [0.5, 0.6) is 0 Å². The maximum atomic E-state index is 3.52. The van der Waals surface area contributed by atoms with E-state index in [-0.39, 0.29) is 0 Å². The van der Waals surface area contributed by atoms with Crippen LogP contribution in [0.4, 0.5) is 0 Å². The molecule has 10 heavy (non-hydrogen) atoms. The summed E-state index contributed by atoms with van der Waals surface area (Å²) in [7, 11) is 0. The Morgan fingerprint density at radius 2 is 2.20 bits per heavy atom. The molecule has 0 amide bonds. The average Bonchev–Trinajstić information content (AvgIpc) is 2.58. The zero-order valence-electron chi connectivity index (χ0n) is 6.61. The van der Waals surface area contributed by atoms with E-state index in [9.17, 15) is 0 Å². The Hall–Kier alpha value is -0.0400. The summed E-state index contributed by atoms with van der Waals surface area (Å²) in [5.41, 5.74) is 1.59. The Balaban J connectivity index is 1.92. The van der Waals surface area contributed by atoms with Gasteiger partial charge < -0.3 is 5.32 Å². The molecule has 56 valence electrons. The highest BCUT2D eigenvalue weighted by Gasteiger charge is 2.67. The highest BCUT2D eigenvalue weighted by molar-refractivity contribution is 5.18. The van der Waals surface area contributed by atoms with Gasteiger partial charge in [-0.3, -0.25) is 0 Å². The second-order valence-electron chi connectivity index (χ2n) is 4.88. The number of nitrogens with one attached hydrogen (secondary N) is 1. The number of fused-ring (bicyclic) bond motifs is 2. The minimum Gasteiger partial charge on any atom is -0.316 e. The van der Waals surface area contributed by atoms with Crippen molar-refractivity contribution >= 4 is 0 Å². The lowest BCUT2D eigenvalue weighted by Crippen LogP contribution is -2.46. The van der Waals surface area contributed by atoms with E-state index in [0.717, 1.165) is 16.7 Å². The summed E-state index contributed by atoms with van der Waals surface area (Å²) >= 11 is 0. The van der Waals surface area contributed by atoms with Gasteiger partial charge in [-0.1, -0.05) is 6.92 Å². The quantitative estimate of drug-likeness (QED) is 0.532. The summed E-state index contributed by atoms with van der Waals surface area (Å²) in [5.74, 6) is 1.06. The molecule has 1 spiro atoms. The Morgan fingerprint density at radius 1 is 1.40 bits per heavy atom. The SMILES string of the molecule is C[C@]12CNC[C@H]1C1(CC1)C2. The van der Waals surface area contributed by atoms with Gasteiger partial charge in [0, 0.05) is 6.54 Å². The van der Waals surface area contributed by atoms with Gasteiger partial charge in [0.15, 0.2) is 0 Å². The molecule has 0 aromatic rings. The molecule has 0 aromatic heterocycles. The lowest BCUT2D eigenvalue weighted by Gasteiger charge is -2.50. The van der Waals surface area contributed by atoms with Crippen LogP contribution in [0, 0.1) is 16.7 Å². The normalized spacial score (nSPS) is 54.3. The van der Waals surface area contributed by atoms with E-state index < -0.39 is 0 Å². The fraction of sp³-hybridized carbons (Fsp3) is 1.00. The van der Waals surface area contributed by atoms with Gasteiger partial charge in [0.1, 0.15) is 0 Å². The van der Waals surface area contributed by atoms with Crippen LogP contribution in [0.3, 0.4) is 0 Å². The van der Waals surface area contributed by atoms with E-state index in [0.29, 0.717) is 0 Å². The molecule has 0 bridgehead atoms. The fourth-order valence-corrected chi connectivity index (χ4v) is 3.50. The molecule has 2 aliphatic carbocycles. The van der Waals surface area contributed by atoms with Crippen molar-refractivity contribution in [3.8, 4) is 0 Å². The van der Waals surface area contributed by atoms with Crippen LogP contribution in [0.25, 0.3) is 0 Å². The number of hydrogen-bond acceptors (Lipinski definition) is 1. The summed E-state index contributed by atoms with van der Waals surface area (Å²) in [4.78, 5) is 0. The third-order valence-electron chi connectivity index (χ3n) is 4.11. The maximum Gasteiger partial charge on any atom is 0.000883 e. The van der Waals surface area contributed by atoms with Crippen molar-refractivity contribution < 1.29 is 0 Å². The number of hydrogen-bond donors (Lipinski definition) is 1. The highest BCUT2D eigenvalue weighted by Crippen LogP contribution is 2.73. The second kappa shape index (κ2) is 1.29. The van der Waals surface area contributed by atoms with Crippen LogP contribution in [0.2, 0.25) is 0 Å². The molecule has 0 unspecified atom stereocenters. The number of rotatable bonds is 0. The van der Waals surface area contributed by atoms with E-state index >= 15 is 0 Å². The fourth-order valence-electron chi connectivity index (χ4n) is 3.50. The van der Waals surface area contributed by atoms with Crippen LogP contribution in [0.15, 0.2) is 0 Å². The minimum atomic E-state index is 0.719. The predicted molar refractivity (Wildman–Crippen MR) is 40.8 cm³/mol. The van der Waals surface area contributed by atoms with Crippen molar-refractivity contribution in [1.29, 1.82) is 0 Å². The van der Waals surface area contributed by atoms with Crippen LogP contribution < -0.4 is 5.32 Å². The van der Waals surface area contributed by atoms with Gasteiger partial charge in [-0.2, -0.15) is 0 Å². The lowest BCUT2D eigenvalue weighted by molar-refractivity contribution is -0.000688. The molecule has 3 rings (SSSR count). The first-order valence-corrected chi connectivity index (χ1v) is 4.46. The first kappa shape index (κ1) is 5.59. The summed E-state index contributed by atoms with van der Waals surface area (Å²) in [5, 5.41) is 3.52. The van der Waals surface area contributed by atoms with Crippen molar-refractivity contribution in [2.24, 2.45) is 16.7 Å². The van der Waals surface area contributed by atoms with Gasteiger partial charge in [0.05, 0.1) is 0 Å². The van der Waals surface area contributed by atoms with Gasteiger partial charge in [-0.15, -0.1) is 0 Å². The first-order valence-electron chi connectivity index (χ1n) is 4.46. The van der Waals surface area contributed by atoms with Crippen LogP contribution in [-0.2, 0) is 0 Å². The van der Waals surface area contributed by atoms with Crippen LogP contribution >= 0.6 is 0 Å². The van der Waals surface area contributed by atoms with Crippen molar-refractivity contribution in [3.05, 3.63) is 0 Å². The zero-order valence-corrected chi connectivity index (χ0v) is 6.61. The summed E-state index contributed by atoms with van der Waals surface area (Å²) in [6.45, 7) is 5.07. The Labute approximate surface area is 62.2 Å². The zero-order chi connectivity index (χ0) is 6.82. The van der Waals surface area contributed by atoms with E-state index in [1.807, 2.05) is 0 Å². The molecule has 1 saturated heterocycles. The molecule has 3 fully saturated rings. The van der Waals surface area contributed by atoms with E-state index in [4.69, 9.17) is 0 Å². The smallest absolute Gasteiger partial charge is 0.000883 e. The van der Waals surface area contributed by atoms with Gasteiger partial charge in [-0.25, -0.2) is 0 Å². The Bertz CT molecular complexity index is 183. The molecule has 1 aliphatic heterocycles. The monoisotopic (exact) mass is 137 g/mol. The summed E-state index contributed by atoms with van der Waals surface area (Å²) < 4.78 is 0. The van der Waals surface area contributed by atoms with Gasteiger partial charge in [0.25, 0.3) is 0 Å². The molecule has 1 N–H and O–H groups in total. The first-order chi connectivity index (χ1) is 4.75. The van der Waals surface area contributed by atoms with Crippen molar-refractivity contribution in [2.45, 2.75) is 26.2 Å². The molecule has 3 aliphatic rings. The molecular weight excluding hydrogens is 122 g/mol. The largest absolute Gasteiger partial charge is 0.316 e. The van der Waals surface area contributed by atoms with Gasteiger partial charge >= 0.3 is 0 Å². The van der Waals surface area contributed by atoms with Crippen molar-refractivity contribution in [3.63, 3.8) is 0 Å². The van der Waals surface area contributed by atoms with Gasteiger partial charge in [0.2, 0.25) is 0 Å². The Kier molecular flexibility index (Phi) is 0.722. The molecule has 2 atom stereocenters. The standard InChI is InChI=1S/C9H15N/c1-8-5-9(2-3-9)7(8)4-10-6-8/h7,10H,2-6H2,1H3/t7-,8+/m1/s1. The molecule has 1 heterocycles. The summed E-state index contributed by atoms with van der Waals surface area (Å²) in [6, 6.07) is 0. The second-order valence-corrected chi connectivity index (χ2v) is 4.88. The average molecular weight is 137 g/mol. The van der Waals surface area contributed by atoms with Gasteiger partial charge in [-0.05, 0) is 42.6 Å². The molecular formula is C9H15N. The third kappa shape index (κ3) is 0.430. The molecule has 1 nitrogen and oxygen atoms in total. The van der Waals surface area contributed by atoms with Crippen LogP contribution in [-0.4, -0.2) is 13.1 Å². The lowest BCUT2D eigenvalue weighted by atomic mass is 9.54. The van der Waals surface area contributed by atoms with Crippen LogP contribution in [0.1, 0.15) is 26.2 Å². The minimum absolute atomic E-state index is 0.719. The third-order valence-corrected chi connectivity index (χ3v) is 4.11. The summed E-state index contributed by atoms with van der Waals surface area (Å²) in [6.07, 6.45) is 4.60. The molecule has 0 radical (unpaired) electrons. The van der Waals surface area contributed by atoms with E-state index in [1.54, 1.807) is 0 Å². The van der Waals surface area contributed by atoms with Crippen molar-refractivity contribution in [1.82, 2.24) is 5.32 Å². The van der Waals surface area contributed by atoms with E-state index in [2.05, 4.69) is 12.2 Å².